The monoisotopic (exact) mass is 403 g/mol. The number of aromatic nitrogens is 2. The van der Waals surface area contributed by atoms with Crippen LogP contribution >= 0.6 is 0 Å². The number of halogens is 2. The summed E-state index contributed by atoms with van der Waals surface area (Å²) in [4.78, 5) is 17.9. The fraction of sp³-hybridized carbons (Fsp3) is 0.300. The molecular formula is C20H19F2N3O4. The van der Waals surface area contributed by atoms with Crippen LogP contribution in [-0.4, -0.2) is 33.8 Å². The highest BCUT2D eigenvalue weighted by Gasteiger charge is 2.51. The Morgan fingerprint density at radius 1 is 1.31 bits per heavy atom. The molecule has 2 aromatic carbocycles. The summed E-state index contributed by atoms with van der Waals surface area (Å²) in [6.07, 6.45) is -5.09. The average molecular weight is 403 g/mol. The van der Waals surface area contributed by atoms with Crippen LogP contribution in [0.25, 0.3) is 11.0 Å². The Labute approximate surface area is 165 Å². The number of aryl methyl sites for hydroxylation is 1. The molecule has 29 heavy (non-hydrogen) atoms. The van der Waals surface area contributed by atoms with Crippen LogP contribution < -0.4 is 14.4 Å². The van der Waals surface area contributed by atoms with Crippen LogP contribution in [0.1, 0.15) is 24.4 Å². The molecule has 1 atom stereocenters. The predicted molar refractivity (Wildman–Crippen MR) is 101 cm³/mol. The van der Waals surface area contributed by atoms with E-state index < -0.39 is 18.1 Å². The first-order valence-corrected chi connectivity index (χ1v) is 8.92. The van der Waals surface area contributed by atoms with Crippen molar-refractivity contribution < 1.29 is 28.2 Å². The number of hydrogen-bond donors (Lipinski definition) is 1. The highest BCUT2D eigenvalue weighted by molar-refractivity contribution is 6.01. The fourth-order valence-corrected chi connectivity index (χ4v) is 3.42. The second kappa shape index (κ2) is 6.70. The minimum atomic E-state index is -4.05. The molecule has 1 N–H and O–H groups in total. The molecule has 0 saturated carbocycles. The Morgan fingerprint density at radius 2 is 2.07 bits per heavy atom. The second-order valence-corrected chi connectivity index (χ2v) is 6.82. The number of aliphatic hydroxyl groups is 1. The van der Waals surface area contributed by atoms with Crippen LogP contribution in [0.4, 0.5) is 14.5 Å². The van der Waals surface area contributed by atoms with Crippen LogP contribution in [0.5, 0.6) is 11.5 Å². The Morgan fingerprint density at radius 3 is 2.76 bits per heavy atom. The van der Waals surface area contributed by atoms with E-state index in [1.165, 1.54) is 19.1 Å². The molecule has 7 nitrogen and oxygen atoms in total. The van der Waals surface area contributed by atoms with E-state index in [1.54, 1.807) is 43.0 Å². The zero-order chi connectivity index (χ0) is 20.9. The van der Waals surface area contributed by atoms with Crippen LogP contribution in [0.2, 0.25) is 0 Å². The van der Waals surface area contributed by atoms with E-state index in [0.29, 0.717) is 17.1 Å². The van der Waals surface area contributed by atoms with Crippen molar-refractivity contribution >= 4 is 22.6 Å². The lowest BCUT2D eigenvalue weighted by molar-refractivity contribution is -0.193. The molecular weight excluding hydrogens is 384 g/mol. The van der Waals surface area contributed by atoms with Gasteiger partial charge in [0.05, 0.1) is 36.5 Å². The van der Waals surface area contributed by atoms with Gasteiger partial charge in [-0.1, -0.05) is 12.1 Å². The molecule has 1 aromatic heterocycles. The van der Waals surface area contributed by atoms with Crippen LogP contribution in [-0.2, 0) is 18.4 Å². The van der Waals surface area contributed by atoms with Crippen molar-refractivity contribution in [1.82, 2.24) is 9.55 Å². The molecule has 0 spiro atoms. The number of amides is 1. The van der Waals surface area contributed by atoms with Crippen molar-refractivity contribution in [2.24, 2.45) is 7.05 Å². The standard InChI is InChI=1S/C20H19F2N3O4/c1-11(26)13-5-4-6-15-18(13)29-20(21,22)19(27)25(15)10-17-23-14-8-7-12(28-3)9-16(14)24(17)2/h4-9,11,26H,10H2,1-3H3. The zero-order valence-electron chi connectivity index (χ0n) is 16.0. The van der Waals surface area contributed by atoms with Gasteiger partial charge in [0.25, 0.3) is 0 Å². The molecule has 3 aromatic rings. The number of methoxy groups -OCH3 is 1. The van der Waals surface area contributed by atoms with Gasteiger partial charge in [0.2, 0.25) is 0 Å². The predicted octanol–water partition coefficient (Wildman–Crippen LogP) is 3.15. The SMILES string of the molecule is COc1ccc2nc(CN3C(=O)C(F)(F)Oc4c(C(C)O)cccc43)n(C)c2c1. The maximum Gasteiger partial charge on any atom is 0.483 e. The lowest BCUT2D eigenvalue weighted by Crippen LogP contribution is -2.51. The Kier molecular flexibility index (Phi) is 4.42. The number of alkyl halides is 2. The third kappa shape index (κ3) is 3.07. The quantitative estimate of drug-likeness (QED) is 0.724. The van der Waals surface area contributed by atoms with E-state index in [4.69, 9.17) is 4.74 Å². The van der Waals surface area contributed by atoms with Crippen molar-refractivity contribution in [3.8, 4) is 11.5 Å². The number of anilines is 1. The van der Waals surface area contributed by atoms with E-state index in [-0.39, 0.29) is 23.5 Å². The molecule has 0 aliphatic carbocycles. The molecule has 0 fully saturated rings. The minimum Gasteiger partial charge on any atom is -0.497 e. The Bertz CT molecular complexity index is 1110. The number of aliphatic hydroxyl groups excluding tert-OH is 1. The van der Waals surface area contributed by atoms with Gasteiger partial charge in [0.15, 0.2) is 5.75 Å². The van der Waals surface area contributed by atoms with Gasteiger partial charge in [0.1, 0.15) is 11.6 Å². The van der Waals surface area contributed by atoms with Crippen molar-refractivity contribution in [1.29, 1.82) is 0 Å². The van der Waals surface area contributed by atoms with Gasteiger partial charge in [-0.15, -0.1) is 0 Å². The maximum atomic E-state index is 14.3. The number of fused-ring (bicyclic) bond motifs is 2. The van der Waals surface area contributed by atoms with Gasteiger partial charge in [-0.05, 0) is 25.1 Å². The largest absolute Gasteiger partial charge is 0.497 e. The molecule has 0 radical (unpaired) electrons. The molecule has 1 aliphatic rings. The number of nitrogens with zero attached hydrogens (tertiary/aromatic N) is 3. The normalized spacial score (nSPS) is 16.5. The van der Waals surface area contributed by atoms with E-state index in [2.05, 4.69) is 9.72 Å². The summed E-state index contributed by atoms with van der Waals surface area (Å²) in [6.45, 7) is 1.25. The van der Waals surface area contributed by atoms with Crippen molar-refractivity contribution in [2.75, 3.05) is 12.0 Å². The van der Waals surface area contributed by atoms with E-state index >= 15 is 0 Å². The van der Waals surface area contributed by atoms with Crippen molar-refractivity contribution in [3.05, 3.63) is 47.8 Å². The van der Waals surface area contributed by atoms with Gasteiger partial charge >= 0.3 is 12.0 Å². The number of rotatable bonds is 4. The first kappa shape index (κ1) is 19.1. The summed E-state index contributed by atoms with van der Waals surface area (Å²) in [5.41, 5.74) is 1.72. The molecule has 0 bridgehead atoms. The molecule has 9 heteroatoms. The number of carbonyl (C=O) groups excluding carboxylic acids is 1. The summed E-state index contributed by atoms with van der Waals surface area (Å²) < 4.78 is 40.3. The molecule has 152 valence electrons. The fourth-order valence-electron chi connectivity index (χ4n) is 3.42. The third-order valence-electron chi connectivity index (χ3n) is 4.97. The molecule has 2 heterocycles. The van der Waals surface area contributed by atoms with E-state index in [9.17, 15) is 18.7 Å². The van der Waals surface area contributed by atoms with Gasteiger partial charge in [-0.25, -0.2) is 4.98 Å². The topological polar surface area (TPSA) is 76.8 Å². The number of benzene rings is 2. The number of hydrogen-bond acceptors (Lipinski definition) is 5. The molecule has 0 saturated heterocycles. The lowest BCUT2D eigenvalue weighted by atomic mass is 10.1. The average Bonchev–Trinajstić information content (AvgIpc) is 2.99. The number of para-hydroxylation sites is 1. The number of imidazole rings is 1. The number of carbonyl (C=O) groups is 1. The van der Waals surface area contributed by atoms with Crippen molar-refractivity contribution in [2.45, 2.75) is 25.7 Å². The summed E-state index contributed by atoms with van der Waals surface area (Å²) in [7, 11) is 3.28. The van der Waals surface area contributed by atoms with Crippen LogP contribution in [0.15, 0.2) is 36.4 Å². The summed E-state index contributed by atoms with van der Waals surface area (Å²) in [5, 5.41) is 9.92. The maximum absolute atomic E-state index is 14.3. The molecule has 1 amide bonds. The minimum absolute atomic E-state index is 0.156. The molecule has 1 unspecified atom stereocenters. The summed E-state index contributed by atoms with van der Waals surface area (Å²) in [6, 6.07) is 9.84. The first-order chi connectivity index (χ1) is 13.7. The Balaban J connectivity index is 1.81. The van der Waals surface area contributed by atoms with Gasteiger partial charge in [-0.3, -0.25) is 9.69 Å². The Hall–Kier alpha value is -3.20. The summed E-state index contributed by atoms with van der Waals surface area (Å²) >= 11 is 0. The molecule has 1 aliphatic heterocycles. The van der Waals surface area contributed by atoms with Gasteiger partial charge in [0, 0.05) is 18.7 Å². The smallest absolute Gasteiger partial charge is 0.483 e. The van der Waals surface area contributed by atoms with Crippen LogP contribution in [0.3, 0.4) is 0 Å². The zero-order valence-corrected chi connectivity index (χ0v) is 16.0. The number of ether oxygens (including phenoxy) is 2. The highest BCUT2D eigenvalue weighted by atomic mass is 19.3. The van der Waals surface area contributed by atoms with Crippen molar-refractivity contribution in [3.63, 3.8) is 0 Å². The highest BCUT2D eigenvalue weighted by Crippen LogP contribution is 2.44. The van der Waals surface area contributed by atoms with E-state index in [1.807, 2.05) is 0 Å². The second-order valence-electron chi connectivity index (χ2n) is 6.82. The van der Waals surface area contributed by atoms with Crippen LogP contribution in [0, 0.1) is 0 Å². The molecule has 4 rings (SSSR count). The summed E-state index contributed by atoms with van der Waals surface area (Å²) in [5.74, 6) is -0.662. The van der Waals surface area contributed by atoms with Gasteiger partial charge < -0.3 is 19.1 Å². The first-order valence-electron chi connectivity index (χ1n) is 8.92. The lowest BCUT2D eigenvalue weighted by Gasteiger charge is -2.34. The van der Waals surface area contributed by atoms with Gasteiger partial charge in [-0.2, -0.15) is 8.78 Å². The van der Waals surface area contributed by atoms with E-state index in [0.717, 1.165) is 10.4 Å². The third-order valence-corrected chi connectivity index (χ3v) is 4.97.